The summed E-state index contributed by atoms with van der Waals surface area (Å²) in [6.45, 7) is 1.96. The van der Waals surface area contributed by atoms with E-state index in [9.17, 15) is 13.2 Å². The first-order valence-electron chi connectivity index (χ1n) is 6.45. The second-order valence-corrected chi connectivity index (χ2v) is 5.61. The lowest BCUT2D eigenvalue weighted by molar-refractivity contribution is -0.138. The van der Waals surface area contributed by atoms with Crippen molar-refractivity contribution in [1.29, 1.82) is 0 Å². The number of anilines is 1. The molecule has 112 valence electrons. The molecule has 21 heavy (non-hydrogen) atoms. The van der Waals surface area contributed by atoms with Crippen LogP contribution < -0.4 is 5.32 Å². The van der Waals surface area contributed by atoms with E-state index in [0.29, 0.717) is 12.2 Å². The van der Waals surface area contributed by atoms with Crippen molar-refractivity contribution >= 4 is 17.4 Å². The highest BCUT2D eigenvalue weighted by Crippen LogP contribution is 2.33. The van der Waals surface area contributed by atoms with Gasteiger partial charge in [0.15, 0.2) is 0 Å². The number of aryl methyl sites for hydroxylation is 1. The van der Waals surface area contributed by atoms with E-state index in [1.54, 1.807) is 17.8 Å². The molecule has 2 rings (SSSR count). The van der Waals surface area contributed by atoms with Gasteiger partial charge >= 0.3 is 6.18 Å². The van der Waals surface area contributed by atoms with Crippen LogP contribution in [-0.2, 0) is 12.7 Å². The first-order valence-corrected chi connectivity index (χ1v) is 7.67. The van der Waals surface area contributed by atoms with Gasteiger partial charge in [-0.15, -0.1) is 11.8 Å². The average Bonchev–Trinajstić information content (AvgIpc) is 2.45. The van der Waals surface area contributed by atoms with E-state index in [0.717, 1.165) is 16.5 Å². The van der Waals surface area contributed by atoms with Crippen molar-refractivity contribution in [2.75, 3.05) is 11.6 Å². The minimum absolute atomic E-state index is 0.234. The molecule has 0 unspecified atom stereocenters. The Labute approximate surface area is 126 Å². The Morgan fingerprint density at radius 3 is 2.29 bits per heavy atom. The Kier molecular flexibility index (Phi) is 4.83. The fourth-order valence-corrected chi connectivity index (χ4v) is 2.39. The van der Waals surface area contributed by atoms with Gasteiger partial charge in [-0.05, 0) is 48.6 Å². The van der Waals surface area contributed by atoms with Crippen molar-refractivity contribution in [2.45, 2.75) is 24.5 Å². The molecule has 1 nitrogen and oxygen atoms in total. The van der Waals surface area contributed by atoms with Crippen molar-refractivity contribution in [3.8, 4) is 0 Å². The monoisotopic (exact) mass is 311 g/mol. The highest BCUT2D eigenvalue weighted by Gasteiger charge is 2.32. The van der Waals surface area contributed by atoms with E-state index in [1.165, 1.54) is 13.0 Å². The van der Waals surface area contributed by atoms with Crippen molar-refractivity contribution in [2.24, 2.45) is 0 Å². The number of thioether (sulfide) groups is 1. The van der Waals surface area contributed by atoms with Crippen LogP contribution in [0.5, 0.6) is 0 Å². The van der Waals surface area contributed by atoms with Gasteiger partial charge in [0.1, 0.15) is 0 Å². The second-order valence-electron chi connectivity index (χ2n) is 4.73. The molecule has 0 amide bonds. The summed E-state index contributed by atoms with van der Waals surface area (Å²) in [7, 11) is 0. The van der Waals surface area contributed by atoms with E-state index in [2.05, 4.69) is 5.32 Å². The molecule has 0 aliphatic heterocycles. The Bertz CT molecular complexity index is 606. The van der Waals surface area contributed by atoms with Gasteiger partial charge in [-0.3, -0.25) is 0 Å². The molecule has 0 heterocycles. The minimum atomic E-state index is -4.32. The van der Waals surface area contributed by atoms with Gasteiger partial charge in [0.05, 0.1) is 5.56 Å². The van der Waals surface area contributed by atoms with Gasteiger partial charge in [0, 0.05) is 17.1 Å². The molecular formula is C16H16F3NS. The zero-order chi connectivity index (χ0) is 15.5. The number of halogens is 3. The fourth-order valence-electron chi connectivity index (χ4n) is 1.98. The standard InChI is InChI=1S/C16H16F3NS/c1-11-3-6-13(9-15(11)16(17,18)19)20-10-12-4-7-14(21-2)8-5-12/h3-9,20H,10H2,1-2H3. The Hall–Kier alpha value is -1.62. The number of hydrogen-bond acceptors (Lipinski definition) is 2. The molecule has 0 aliphatic rings. The number of rotatable bonds is 4. The van der Waals surface area contributed by atoms with Crippen LogP contribution in [0.4, 0.5) is 18.9 Å². The molecular weight excluding hydrogens is 295 g/mol. The summed E-state index contributed by atoms with van der Waals surface area (Å²) >= 11 is 1.65. The summed E-state index contributed by atoms with van der Waals surface area (Å²) in [5.74, 6) is 0. The Balaban J connectivity index is 2.09. The zero-order valence-electron chi connectivity index (χ0n) is 11.8. The molecule has 2 aromatic rings. The molecule has 2 aromatic carbocycles. The van der Waals surface area contributed by atoms with E-state index in [1.807, 2.05) is 30.5 Å². The molecule has 0 spiro atoms. The maximum Gasteiger partial charge on any atom is 0.416 e. The zero-order valence-corrected chi connectivity index (χ0v) is 12.6. The smallest absolute Gasteiger partial charge is 0.381 e. The van der Waals surface area contributed by atoms with Crippen LogP contribution in [0.1, 0.15) is 16.7 Å². The summed E-state index contributed by atoms with van der Waals surface area (Å²) in [5.41, 5.74) is 1.14. The largest absolute Gasteiger partial charge is 0.416 e. The van der Waals surface area contributed by atoms with Crippen LogP contribution in [-0.4, -0.2) is 6.26 Å². The highest BCUT2D eigenvalue weighted by atomic mass is 32.2. The van der Waals surface area contributed by atoms with Crippen molar-refractivity contribution in [3.63, 3.8) is 0 Å². The number of benzene rings is 2. The quantitative estimate of drug-likeness (QED) is 0.764. The summed E-state index contributed by atoms with van der Waals surface area (Å²) in [5, 5.41) is 3.03. The lowest BCUT2D eigenvalue weighted by Gasteiger charge is -2.13. The first kappa shape index (κ1) is 15.8. The van der Waals surface area contributed by atoms with Crippen LogP contribution >= 0.6 is 11.8 Å². The summed E-state index contributed by atoms with van der Waals surface area (Å²) < 4.78 is 38.5. The van der Waals surface area contributed by atoms with E-state index >= 15 is 0 Å². The van der Waals surface area contributed by atoms with Crippen LogP contribution in [0.2, 0.25) is 0 Å². The third-order valence-electron chi connectivity index (χ3n) is 3.20. The normalized spacial score (nSPS) is 11.5. The lowest BCUT2D eigenvalue weighted by Crippen LogP contribution is -2.09. The summed E-state index contributed by atoms with van der Waals surface area (Å²) in [4.78, 5) is 1.16. The highest BCUT2D eigenvalue weighted by molar-refractivity contribution is 7.98. The van der Waals surface area contributed by atoms with Crippen LogP contribution in [0, 0.1) is 6.92 Å². The molecule has 0 radical (unpaired) electrons. The predicted molar refractivity (Wildman–Crippen MR) is 81.7 cm³/mol. The van der Waals surface area contributed by atoms with Crippen molar-refractivity contribution in [3.05, 3.63) is 59.2 Å². The molecule has 0 saturated heterocycles. The van der Waals surface area contributed by atoms with E-state index in [-0.39, 0.29) is 5.56 Å². The molecule has 0 bridgehead atoms. The third-order valence-corrected chi connectivity index (χ3v) is 3.94. The van der Waals surface area contributed by atoms with Crippen molar-refractivity contribution < 1.29 is 13.2 Å². The second kappa shape index (κ2) is 6.43. The minimum Gasteiger partial charge on any atom is -0.381 e. The molecule has 0 saturated carbocycles. The lowest BCUT2D eigenvalue weighted by atomic mass is 10.1. The average molecular weight is 311 g/mol. The van der Waals surface area contributed by atoms with Gasteiger partial charge in [0.2, 0.25) is 0 Å². The van der Waals surface area contributed by atoms with E-state index < -0.39 is 11.7 Å². The Morgan fingerprint density at radius 2 is 1.71 bits per heavy atom. The van der Waals surface area contributed by atoms with Gasteiger partial charge in [-0.2, -0.15) is 13.2 Å². The molecule has 0 aliphatic carbocycles. The number of hydrogen-bond donors (Lipinski definition) is 1. The van der Waals surface area contributed by atoms with Gasteiger partial charge in [0.25, 0.3) is 0 Å². The number of alkyl halides is 3. The summed E-state index contributed by atoms with van der Waals surface area (Å²) in [6, 6.07) is 12.2. The first-order chi connectivity index (χ1) is 9.90. The van der Waals surface area contributed by atoms with Crippen LogP contribution in [0.15, 0.2) is 47.4 Å². The summed E-state index contributed by atoms with van der Waals surface area (Å²) in [6.07, 6.45) is -2.32. The molecule has 5 heteroatoms. The SMILES string of the molecule is CSc1ccc(CNc2ccc(C)c(C(F)(F)F)c2)cc1. The van der Waals surface area contributed by atoms with E-state index in [4.69, 9.17) is 0 Å². The maximum atomic E-state index is 12.8. The Morgan fingerprint density at radius 1 is 1.05 bits per heavy atom. The van der Waals surface area contributed by atoms with Crippen LogP contribution in [0.25, 0.3) is 0 Å². The number of nitrogens with one attached hydrogen (secondary N) is 1. The topological polar surface area (TPSA) is 12.0 Å². The van der Waals surface area contributed by atoms with Gasteiger partial charge in [-0.1, -0.05) is 18.2 Å². The van der Waals surface area contributed by atoms with Gasteiger partial charge < -0.3 is 5.32 Å². The molecule has 0 fully saturated rings. The fraction of sp³-hybridized carbons (Fsp3) is 0.250. The van der Waals surface area contributed by atoms with Gasteiger partial charge in [-0.25, -0.2) is 0 Å². The molecule has 0 aromatic heterocycles. The third kappa shape index (κ3) is 4.17. The maximum absolute atomic E-state index is 12.8. The van der Waals surface area contributed by atoms with Crippen LogP contribution in [0.3, 0.4) is 0 Å². The predicted octanol–water partition coefficient (Wildman–Crippen LogP) is 5.35. The molecule has 0 atom stereocenters. The molecule has 1 N–H and O–H groups in total. The van der Waals surface area contributed by atoms with Crippen molar-refractivity contribution in [1.82, 2.24) is 0 Å².